The average molecular weight is 247 g/mol. The number of fused-ring (bicyclic) bond motifs is 1. The van der Waals surface area contributed by atoms with Crippen LogP contribution in [0.5, 0.6) is 0 Å². The molecule has 2 aromatic heterocycles. The fraction of sp³-hybridized carbons (Fsp3) is 0.167. The molecular weight excluding hydrogens is 236 g/mol. The van der Waals surface area contributed by atoms with Crippen molar-refractivity contribution in [1.82, 2.24) is 19.7 Å². The molecule has 3 rings (SSSR count). The van der Waals surface area contributed by atoms with Crippen molar-refractivity contribution in [3.63, 3.8) is 0 Å². The topological polar surface area (TPSA) is 46.5 Å². The molecule has 0 aliphatic rings. The van der Waals surface area contributed by atoms with Crippen LogP contribution in [0.25, 0.3) is 16.9 Å². The number of H-pyrrole nitrogens is 1. The molecule has 0 fully saturated rings. The molecule has 0 radical (unpaired) electrons. The van der Waals surface area contributed by atoms with Gasteiger partial charge >= 0.3 is 0 Å². The van der Waals surface area contributed by atoms with Gasteiger partial charge in [-0.1, -0.05) is 11.6 Å². The van der Waals surface area contributed by atoms with Gasteiger partial charge in [0.25, 0.3) is 0 Å². The third-order valence-electron chi connectivity index (χ3n) is 2.69. The molecule has 0 amide bonds. The lowest BCUT2D eigenvalue weighted by Crippen LogP contribution is -1.97. The summed E-state index contributed by atoms with van der Waals surface area (Å²) in [5.41, 5.74) is 3.73. The number of aromatic amines is 1. The summed E-state index contributed by atoms with van der Waals surface area (Å²) in [4.78, 5) is 7.65. The van der Waals surface area contributed by atoms with Crippen molar-refractivity contribution in [3.8, 4) is 5.69 Å². The number of aryl methyl sites for hydroxylation is 2. The number of hydrogen-bond donors (Lipinski definition) is 1. The highest BCUT2D eigenvalue weighted by Crippen LogP contribution is 2.20. The van der Waals surface area contributed by atoms with E-state index in [2.05, 4.69) is 15.1 Å². The molecule has 0 atom stereocenters. The van der Waals surface area contributed by atoms with E-state index in [1.165, 1.54) is 0 Å². The standard InChI is InChI=1S/C12H11ClN4/c1-7-11-12(15-8(2)14-11)17(16-7)10-5-3-9(13)4-6-10/h3-6H,1-2H3,(H,14,15). The van der Waals surface area contributed by atoms with E-state index in [-0.39, 0.29) is 0 Å². The number of rotatable bonds is 1. The van der Waals surface area contributed by atoms with E-state index in [0.717, 1.165) is 28.4 Å². The number of halogens is 1. The SMILES string of the molecule is Cc1nc2c([nH]1)c(C)nn2-c1ccc(Cl)cc1. The van der Waals surface area contributed by atoms with E-state index >= 15 is 0 Å². The van der Waals surface area contributed by atoms with Crippen molar-refractivity contribution in [2.45, 2.75) is 13.8 Å². The van der Waals surface area contributed by atoms with E-state index in [4.69, 9.17) is 11.6 Å². The first-order valence-corrected chi connectivity index (χ1v) is 5.71. The normalized spacial score (nSPS) is 11.2. The average Bonchev–Trinajstić information content (AvgIpc) is 2.80. The molecule has 86 valence electrons. The van der Waals surface area contributed by atoms with Crippen LogP contribution in [-0.2, 0) is 0 Å². The highest BCUT2D eigenvalue weighted by Gasteiger charge is 2.12. The van der Waals surface area contributed by atoms with Crippen LogP contribution in [0.4, 0.5) is 0 Å². The zero-order valence-electron chi connectivity index (χ0n) is 9.53. The summed E-state index contributed by atoms with van der Waals surface area (Å²) in [6, 6.07) is 7.55. The van der Waals surface area contributed by atoms with Crippen molar-refractivity contribution in [2.24, 2.45) is 0 Å². The molecule has 0 saturated heterocycles. The second-order valence-electron chi connectivity index (χ2n) is 3.99. The number of nitrogens with zero attached hydrogens (tertiary/aromatic N) is 3. The molecule has 1 aromatic carbocycles. The Morgan fingerprint density at radius 2 is 1.88 bits per heavy atom. The predicted octanol–water partition coefficient (Wildman–Crippen LogP) is 3.02. The summed E-state index contributed by atoms with van der Waals surface area (Å²) >= 11 is 5.88. The van der Waals surface area contributed by atoms with Crippen molar-refractivity contribution in [3.05, 3.63) is 40.8 Å². The first-order chi connectivity index (χ1) is 8.15. The Morgan fingerprint density at radius 3 is 2.59 bits per heavy atom. The number of aromatic nitrogens is 4. The lowest BCUT2D eigenvalue weighted by Gasteiger charge is -2.01. The van der Waals surface area contributed by atoms with E-state index in [9.17, 15) is 0 Å². The predicted molar refractivity (Wildman–Crippen MR) is 67.7 cm³/mol. The third kappa shape index (κ3) is 1.61. The van der Waals surface area contributed by atoms with E-state index < -0.39 is 0 Å². The van der Waals surface area contributed by atoms with Gasteiger partial charge in [0.15, 0.2) is 5.65 Å². The molecular formula is C12H11ClN4. The zero-order chi connectivity index (χ0) is 12.0. The van der Waals surface area contributed by atoms with Crippen molar-refractivity contribution < 1.29 is 0 Å². The Kier molecular flexibility index (Phi) is 2.19. The second kappa shape index (κ2) is 3.60. The monoisotopic (exact) mass is 246 g/mol. The Bertz CT molecular complexity index is 678. The molecule has 3 aromatic rings. The Morgan fingerprint density at radius 1 is 1.18 bits per heavy atom. The van der Waals surface area contributed by atoms with Crippen molar-refractivity contribution >= 4 is 22.8 Å². The summed E-state index contributed by atoms with van der Waals surface area (Å²) in [5.74, 6) is 0.892. The van der Waals surface area contributed by atoms with Crippen LogP contribution in [0.15, 0.2) is 24.3 Å². The molecule has 0 bridgehead atoms. The van der Waals surface area contributed by atoms with Gasteiger partial charge in [-0.25, -0.2) is 9.67 Å². The zero-order valence-corrected chi connectivity index (χ0v) is 10.3. The van der Waals surface area contributed by atoms with Crippen molar-refractivity contribution in [1.29, 1.82) is 0 Å². The van der Waals surface area contributed by atoms with E-state index in [1.54, 1.807) is 0 Å². The summed E-state index contributed by atoms with van der Waals surface area (Å²) in [6.45, 7) is 3.90. The number of benzene rings is 1. The van der Waals surface area contributed by atoms with Crippen LogP contribution in [0.2, 0.25) is 5.02 Å². The van der Waals surface area contributed by atoms with Gasteiger partial charge in [-0.2, -0.15) is 5.10 Å². The largest absolute Gasteiger partial charge is 0.339 e. The first-order valence-electron chi connectivity index (χ1n) is 5.33. The van der Waals surface area contributed by atoms with Gasteiger partial charge in [0.2, 0.25) is 0 Å². The molecule has 0 unspecified atom stereocenters. The van der Waals surface area contributed by atoms with Gasteiger partial charge in [-0.3, -0.25) is 0 Å². The maximum atomic E-state index is 5.88. The van der Waals surface area contributed by atoms with Crippen LogP contribution in [0, 0.1) is 13.8 Å². The molecule has 1 N–H and O–H groups in total. The molecule has 0 aliphatic carbocycles. The van der Waals surface area contributed by atoms with Crippen LogP contribution in [0.1, 0.15) is 11.5 Å². The molecule has 0 aliphatic heterocycles. The summed E-state index contributed by atoms with van der Waals surface area (Å²) in [5, 5.41) is 5.19. The minimum absolute atomic E-state index is 0.715. The minimum atomic E-state index is 0.715. The lowest BCUT2D eigenvalue weighted by atomic mass is 10.3. The van der Waals surface area contributed by atoms with E-state index in [1.807, 2.05) is 42.8 Å². The van der Waals surface area contributed by atoms with Gasteiger partial charge in [0.05, 0.1) is 11.4 Å². The molecule has 0 spiro atoms. The smallest absolute Gasteiger partial charge is 0.181 e. The number of hydrogen-bond acceptors (Lipinski definition) is 2. The minimum Gasteiger partial charge on any atom is -0.339 e. The summed E-state index contributed by atoms with van der Waals surface area (Å²) in [7, 11) is 0. The molecule has 0 saturated carbocycles. The van der Waals surface area contributed by atoms with Crippen LogP contribution in [0.3, 0.4) is 0 Å². The second-order valence-corrected chi connectivity index (χ2v) is 4.43. The fourth-order valence-corrected chi connectivity index (χ4v) is 2.02. The summed E-state index contributed by atoms with van der Waals surface area (Å²) < 4.78 is 1.82. The van der Waals surface area contributed by atoms with Crippen LogP contribution >= 0.6 is 11.6 Å². The third-order valence-corrected chi connectivity index (χ3v) is 2.94. The number of imidazole rings is 1. The maximum Gasteiger partial charge on any atom is 0.181 e. The van der Waals surface area contributed by atoms with Crippen molar-refractivity contribution in [2.75, 3.05) is 0 Å². The molecule has 2 heterocycles. The van der Waals surface area contributed by atoms with Gasteiger partial charge in [-0.15, -0.1) is 0 Å². The highest BCUT2D eigenvalue weighted by atomic mass is 35.5. The van der Waals surface area contributed by atoms with Crippen LogP contribution in [-0.4, -0.2) is 19.7 Å². The Balaban J connectivity index is 2.26. The van der Waals surface area contributed by atoms with Gasteiger partial charge in [-0.05, 0) is 38.1 Å². The molecule has 4 nitrogen and oxygen atoms in total. The fourth-order valence-electron chi connectivity index (χ4n) is 1.89. The van der Waals surface area contributed by atoms with E-state index in [0.29, 0.717) is 5.02 Å². The first kappa shape index (κ1) is 10.4. The highest BCUT2D eigenvalue weighted by molar-refractivity contribution is 6.30. The molecule has 17 heavy (non-hydrogen) atoms. The van der Waals surface area contributed by atoms with Gasteiger partial charge < -0.3 is 4.98 Å². The quantitative estimate of drug-likeness (QED) is 0.717. The van der Waals surface area contributed by atoms with Crippen LogP contribution < -0.4 is 0 Å². The Hall–Kier alpha value is -1.81. The number of nitrogens with one attached hydrogen (secondary N) is 1. The Labute approximate surface area is 103 Å². The summed E-state index contributed by atoms with van der Waals surface area (Å²) in [6.07, 6.45) is 0. The maximum absolute atomic E-state index is 5.88. The van der Waals surface area contributed by atoms with Gasteiger partial charge in [0, 0.05) is 5.02 Å². The lowest BCUT2D eigenvalue weighted by molar-refractivity contribution is 0.872. The molecule has 5 heteroatoms. The van der Waals surface area contributed by atoms with Gasteiger partial charge in [0.1, 0.15) is 11.3 Å².